The summed E-state index contributed by atoms with van der Waals surface area (Å²) in [4.78, 5) is 28.4. The largest absolute Gasteiger partial charge is 0.314 e. The van der Waals surface area contributed by atoms with Crippen LogP contribution < -0.4 is 4.58 Å². The van der Waals surface area contributed by atoms with E-state index in [1.54, 1.807) is 0 Å². The molecule has 0 spiro atoms. The lowest BCUT2D eigenvalue weighted by atomic mass is 9.69. The van der Waals surface area contributed by atoms with Crippen LogP contribution in [0.5, 0.6) is 0 Å². The molecule has 1 fully saturated rings. The third-order valence-corrected chi connectivity index (χ3v) is 8.76. The minimum Gasteiger partial charge on any atom is -0.314 e. The van der Waals surface area contributed by atoms with Crippen LogP contribution in [0.4, 0.5) is 11.4 Å². The second-order valence-corrected chi connectivity index (χ2v) is 11.9. The predicted molar refractivity (Wildman–Crippen MR) is 172 cm³/mol. The molecule has 4 aromatic carbocycles. The first-order chi connectivity index (χ1) is 20.2. The summed E-state index contributed by atoms with van der Waals surface area (Å²) < 4.78 is 4.38. The summed E-state index contributed by atoms with van der Waals surface area (Å²) in [6.45, 7) is 12.4. The van der Waals surface area contributed by atoms with E-state index in [1.807, 2.05) is 50.2 Å². The molecule has 4 nitrogen and oxygen atoms in total. The molecule has 206 valence electrons. The van der Waals surface area contributed by atoms with E-state index in [0.717, 1.165) is 56.1 Å². The van der Waals surface area contributed by atoms with Crippen LogP contribution in [0.25, 0.3) is 22.2 Å². The van der Waals surface area contributed by atoms with E-state index in [4.69, 9.17) is 0 Å². The van der Waals surface area contributed by atoms with Crippen molar-refractivity contribution in [2.75, 3.05) is 0 Å². The minimum atomic E-state index is -0.806. The molecule has 1 saturated carbocycles. The number of hydrogen-bond donors (Lipinski definition) is 0. The molecule has 5 aromatic rings. The number of aromatic nitrogens is 1. The van der Waals surface area contributed by atoms with Crippen molar-refractivity contribution in [2.24, 2.45) is 0 Å². The zero-order valence-corrected chi connectivity index (χ0v) is 24.9. The Morgan fingerprint density at radius 2 is 1.21 bits per heavy atom. The Kier molecular flexibility index (Phi) is 5.81. The third-order valence-electron chi connectivity index (χ3n) is 8.76. The van der Waals surface area contributed by atoms with Crippen LogP contribution in [0.15, 0.2) is 90.5 Å². The first kappa shape index (κ1) is 26.1. The maximum Gasteiger partial charge on any atom is 0.219 e. The first-order valence-electron chi connectivity index (χ1n) is 14.5. The number of hydrogen-bond acceptors (Lipinski definition) is 2. The fourth-order valence-electron chi connectivity index (χ4n) is 7.22. The van der Waals surface area contributed by atoms with Crippen molar-refractivity contribution in [3.05, 3.63) is 130 Å². The first-order valence-corrected chi connectivity index (χ1v) is 14.5. The van der Waals surface area contributed by atoms with E-state index in [1.165, 1.54) is 22.3 Å². The molecule has 1 aliphatic carbocycles. The van der Waals surface area contributed by atoms with Gasteiger partial charge in [0.15, 0.2) is 17.3 Å². The second kappa shape index (κ2) is 9.35. The van der Waals surface area contributed by atoms with Gasteiger partial charge in [-0.2, -0.15) is 4.58 Å². The van der Waals surface area contributed by atoms with Crippen LogP contribution >= 0.6 is 0 Å². The summed E-state index contributed by atoms with van der Waals surface area (Å²) in [5, 5.41) is 0.953. The Morgan fingerprint density at radius 1 is 0.643 bits per heavy atom. The third kappa shape index (κ3) is 3.71. The van der Waals surface area contributed by atoms with Crippen LogP contribution in [0.2, 0.25) is 0 Å². The van der Waals surface area contributed by atoms with E-state index < -0.39 is 5.92 Å². The molecule has 0 radical (unpaired) electrons. The van der Waals surface area contributed by atoms with Gasteiger partial charge in [0.05, 0.1) is 22.2 Å². The minimum absolute atomic E-state index is 0.0992. The smallest absolute Gasteiger partial charge is 0.219 e. The summed E-state index contributed by atoms with van der Waals surface area (Å²) in [6, 6.07) is 29.1. The zero-order chi connectivity index (χ0) is 29.4. The molecule has 1 aliphatic heterocycles. The lowest BCUT2D eigenvalue weighted by Gasteiger charge is -2.28. The number of fused-ring (bicyclic) bond motifs is 2. The van der Waals surface area contributed by atoms with Crippen LogP contribution in [0.1, 0.15) is 51.9 Å². The SMILES string of the molecule is CC1=[N+](c2cc(C)cc(C)c2)c2ccccc2C1=C1C(=O)C(c2c(C)n(-c3cc(C)cc(C)c3)c3ccccc23)C1=O. The number of Topliss-reactive ketones (excluding diaryl/α,β-unsaturated/α-hetero) is 2. The number of carbonyl (C=O) groups is 2. The quantitative estimate of drug-likeness (QED) is 0.0986. The molecule has 0 bridgehead atoms. The highest BCUT2D eigenvalue weighted by atomic mass is 16.2. The molecule has 2 aliphatic rings. The molecule has 0 saturated heterocycles. The van der Waals surface area contributed by atoms with Gasteiger partial charge >= 0.3 is 0 Å². The average Bonchev–Trinajstić information content (AvgIpc) is 3.38. The number of rotatable bonds is 3. The number of allylic oxidation sites excluding steroid dienone is 2. The Hall–Kier alpha value is -4.83. The number of nitrogens with zero attached hydrogens (tertiary/aromatic N) is 2. The van der Waals surface area contributed by atoms with Crippen molar-refractivity contribution in [2.45, 2.75) is 47.5 Å². The van der Waals surface area contributed by atoms with Crippen LogP contribution in [-0.2, 0) is 9.59 Å². The van der Waals surface area contributed by atoms with Gasteiger partial charge < -0.3 is 4.57 Å². The highest BCUT2D eigenvalue weighted by Crippen LogP contribution is 2.47. The van der Waals surface area contributed by atoms with Crippen molar-refractivity contribution in [1.29, 1.82) is 0 Å². The van der Waals surface area contributed by atoms with Gasteiger partial charge in [0.1, 0.15) is 5.92 Å². The maximum atomic E-state index is 14.2. The number of benzene rings is 4. The van der Waals surface area contributed by atoms with Crippen LogP contribution in [0.3, 0.4) is 0 Å². The fraction of sp³-hybridized carbons (Fsp3) is 0.184. The lowest BCUT2D eigenvalue weighted by molar-refractivity contribution is -0.133. The van der Waals surface area contributed by atoms with Crippen molar-refractivity contribution >= 4 is 45.1 Å². The Bertz CT molecular complexity index is 2030. The summed E-state index contributed by atoms with van der Waals surface area (Å²) in [6.07, 6.45) is 0. The van der Waals surface area contributed by atoms with Gasteiger partial charge in [-0.25, -0.2) is 0 Å². The van der Waals surface area contributed by atoms with Crippen molar-refractivity contribution in [3.8, 4) is 5.69 Å². The second-order valence-electron chi connectivity index (χ2n) is 11.9. The standard InChI is InChI=1S/C38H33N2O2/c1-21-15-22(2)18-27(17-21)39-25(5)33(29-11-7-9-13-31(29)39)35-37(41)36(38(35)42)34-26(6)40(32-14-10-8-12-30(32)34)28-19-23(3)16-24(4)20-28/h7-20,35H,1-6H3/q+1. The summed E-state index contributed by atoms with van der Waals surface area (Å²) >= 11 is 0. The molecule has 1 aromatic heterocycles. The highest BCUT2D eigenvalue weighted by Gasteiger charge is 2.52. The molecule has 2 heterocycles. The molecule has 0 amide bonds. The maximum absolute atomic E-state index is 14.2. The molecule has 42 heavy (non-hydrogen) atoms. The molecule has 7 rings (SSSR count). The number of carbonyl (C=O) groups excluding carboxylic acids is 2. The van der Waals surface area contributed by atoms with E-state index in [2.05, 4.69) is 85.4 Å². The lowest BCUT2D eigenvalue weighted by Crippen LogP contribution is -2.40. The molecule has 4 heteroatoms. The fourth-order valence-corrected chi connectivity index (χ4v) is 7.22. The summed E-state index contributed by atoms with van der Waals surface area (Å²) in [5.74, 6) is -1.00. The molecular formula is C38H33N2O2+. The highest BCUT2D eigenvalue weighted by molar-refractivity contribution is 6.51. The van der Waals surface area contributed by atoms with Crippen molar-refractivity contribution in [3.63, 3.8) is 0 Å². The van der Waals surface area contributed by atoms with Gasteiger partial charge in [-0.1, -0.05) is 42.5 Å². The Morgan fingerprint density at radius 3 is 1.88 bits per heavy atom. The average molecular weight is 550 g/mol. The number of ketones is 2. The van der Waals surface area contributed by atoms with Crippen LogP contribution in [-0.4, -0.2) is 21.8 Å². The van der Waals surface area contributed by atoms with Crippen molar-refractivity contribution < 1.29 is 9.59 Å². The summed E-state index contributed by atoms with van der Waals surface area (Å²) in [5.41, 5.74) is 13.4. The van der Waals surface area contributed by atoms with Gasteiger partial charge in [-0.05, 0) is 86.7 Å². The van der Waals surface area contributed by atoms with Gasteiger partial charge in [-0.3, -0.25) is 9.59 Å². The Labute approximate surface area is 246 Å². The van der Waals surface area contributed by atoms with E-state index in [9.17, 15) is 9.59 Å². The van der Waals surface area contributed by atoms with Gasteiger partial charge in [0.2, 0.25) is 11.4 Å². The monoisotopic (exact) mass is 549 g/mol. The molecule has 0 unspecified atom stereocenters. The number of aryl methyl sites for hydroxylation is 4. The molecule has 0 atom stereocenters. The predicted octanol–water partition coefficient (Wildman–Crippen LogP) is 8.17. The topological polar surface area (TPSA) is 42.1 Å². The van der Waals surface area contributed by atoms with Gasteiger partial charge in [0, 0.05) is 41.9 Å². The Balaban J connectivity index is 1.41. The van der Waals surface area contributed by atoms with E-state index >= 15 is 0 Å². The molecular weight excluding hydrogens is 516 g/mol. The van der Waals surface area contributed by atoms with Gasteiger partial charge in [-0.15, -0.1) is 0 Å². The normalized spacial score (nSPS) is 16.5. The van der Waals surface area contributed by atoms with E-state index in [-0.39, 0.29) is 11.6 Å². The van der Waals surface area contributed by atoms with Crippen molar-refractivity contribution in [1.82, 2.24) is 9.14 Å². The molecule has 0 N–H and O–H groups in total. The van der Waals surface area contributed by atoms with Gasteiger partial charge in [0.25, 0.3) is 0 Å². The van der Waals surface area contributed by atoms with E-state index in [0.29, 0.717) is 5.57 Å². The number of para-hydroxylation sites is 2. The van der Waals surface area contributed by atoms with Crippen LogP contribution in [0, 0.1) is 34.6 Å². The summed E-state index contributed by atoms with van der Waals surface area (Å²) in [7, 11) is 0. The zero-order valence-electron chi connectivity index (χ0n) is 24.9.